The van der Waals surface area contributed by atoms with E-state index >= 15 is 0 Å². The van der Waals surface area contributed by atoms with E-state index in [0.29, 0.717) is 41.5 Å². The molecule has 0 aliphatic carbocycles. The molecule has 2 aromatic carbocycles. The third-order valence-electron chi connectivity index (χ3n) is 6.13. The van der Waals surface area contributed by atoms with Crippen molar-refractivity contribution in [2.24, 2.45) is 5.92 Å². The van der Waals surface area contributed by atoms with E-state index in [4.69, 9.17) is 23.2 Å². The van der Waals surface area contributed by atoms with Gasteiger partial charge in [0.15, 0.2) is 0 Å². The zero-order valence-corrected chi connectivity index (χ0v) is 21.4. The van der Waals surface area contributed by atoms with Gasteiger partial charge in [0.2, 0.25) is 15.9 Å². The maximum absolute atomic E-state index is 12.9. The maximum atomic E-state index is 12.9. The van der Waals surface area contributed by atoms with E-state index in [0.717, 1.165) is 25.3 Å². The van der Waals surface area contributed by atoms with Crippen molar-refractivity contribution in [3.8, 4) is 0 Å². The second-order valence-electron chi connectivity index (χ2n) is 8.28. The fourth-order valence-electron chi connectivity index (χ4n) is 3.98. The van der Waals surface area contributed by atoms with Crippen LogP contribution >= 0.6 is 23.2 Å². The van der Waals surface area contributed by atoms with E-state index in [9.17, 15) is 13.2 Å². The number of halogens is 2. The second-order valence-corrected chi connectivity index (χ2v) is 11.1. The highest BCUT2D eigenvalue weighted by Crippen LogP contribution is 2.29. The minimum absolute atomic E-state index is 0.0716. The second kappa shape index (κ2) is 11.7. The Morgan fingerprint density at radius 3 is 2.15 bits per heavy atom. The monoisotopic (exact) mass is 511 g/mol. The molecule has 1 aliphatic rings. The van der Waals surface area contributed by atoms with Crippen molar-refractivity contribution in [1.82, 2.24) is 9.21 Å². The fraction of sp³-hybridized carbons (Fsp3) is 0.458. The molecule has 0 radical (unpaired) electrons. The first-order valence-corrected chi connectivity index (χ1v) is 13.6. The number of anilines is 1. The molecule has 1 heterocycles. The number of nitrogens with zero attached hydrogens (tertiary/aromatic N) is 2. The zero-order chi connectivity index (χ0) is 24.0. The molecule has 1 amide bonds. The quantitative estimate of drug-likeness (QED) is 0.513. The topological polar surface area (TPSA) is 69.7 Å². The molecular formula is C24H31Cl2N3O3S. The van der Waals surface area contributed by atoms with Gasteiger partial charge in [-0.15, -0.1) is 0 Å². The Morgan fingerprint density at radius 2 is 1.61 bits per heavy atom. The summed E-state index contributed by atoms with van der Waals surface area (Å²) in [4.78, 5) is 15.1. The molecule has 0 atom stereocenters. The van der Waals surface area contributed by atoms with Crippen LogP contribution in [0.3, 0.4) is 0 Å². The summed E-state index contributed by atoms with van der Waals surface area (Å²) in [7, 11) is -3.58. The Bertz CT molecular complexity index is 1030. The molecule has 3 rings (SSSR count). The van der Waals surface area contributed by atoms with Gasteiger partial charge in [0.05, 0.1) is 5.75 Å². The minimum Gasteiger partial charge on any atom is -0.326 e. The number of hydrogen-bond donors (Lipinski definition) is 1. The number of carbonyl (C=O) groups excluding carboxylic acids is 1. The van der Waals surface area contributed by atoms with Crippen LogP contribution in [-0.4, -0.2) is 49.7 Å². The lowest BCUT2D eigenvalue weighted by Crippen LogP contribution is -2.42. The maximum Gasteiger partial charge on any atom is 0.227 e. The van der Waals surface area contributed by atoms with E-state index < -0.39 is 10.0 Å². The Balaban J connectivity index is 1.53. The molecule has 1 saturated heterocycles. The third-order valence-corrected chi connectivity index (χ3v) is 8.64. The summed E-state index contributed by atoms with van der Waals surface area (Å²) >= 11 is 12.3. The van der Waals surface area contributed by atoms with Crippen LogP contribution in [0.2, 0.25) is 10.0 Å². The Kier molecular flexibility index (Phi) is 9.18. The average Bonchev–Trinajstić information content (AvgIpc) is 2.81. The SMILES string of the molecule is CCN(CC)Cc1ccc(NC(=O)C2CCN(S(=O)(=O)Cc3c(Cl)cccc3Cl)CC2)cc1. The number of sulfonamides is 1. The first-order chi connectivity index (χ1) is 15.7. The van der Waals surface area contributed by atoms with Crippen molar-refractivity contribution in [1.29, 1.82) is 0 Å². The van der Waals surface area contributed by atoms with Gasteiger partial charge in [-0.25, -0.2) is 12.7 Å². The van der Waals surface area contributed by atoms with Crippen molar-refractivity contribution >= 4 is 44.8 Å². The number of amides is 1. The summed E-state index contributed by atoms with van der Waals surface area (Å²) in [5, 5.41) is 3.65. The normalized spacial score (nSPS) is 15.7. The molecule has 33 heavy (non-hydrogen) atoms. The van der Waals surface area contributed by atoms with Crippen molar-refractivity contribution < 1.29 is 13.2 Å². The molecule has 1 fully saturated rings. The molecule has 0 saturated carbocycles. The molecule has 0 unspecified atom stereocenters. The van der Waals surface area contributed by atoms with E-state index in [1.54, 1.807) is 18.2 Å². The molecule has 1 aliphatic heterocycles. The van der Waals surface area contributed by atoms with Crippen LogP contribution in [0.5, 0.6) is 0 Å². The molecule has 6 nitrogen and oxygen atoms in total. The predicted octanol–water partition coefficient (Wildman–Crippen LogP) is 5.02. The first kappa shape index (κ1) is 26.0. The molecule has 9 heteroatoms. The summed E-state index contributed by atoms with van der Waals surface area (Å²) in [5.41, 5.74) is 2.37. The lowest BCUT2D eigenvalue weighted by Gasteiger charge is -2.30. The molecule has 2 aromatic rings. The highest BCUT2D eigenvalue weighted by molar-refractivity contribution is 7.88. The molecule has 1 N–H and O–H groups in total. The van der Waals surface area contributed by atoms with Gasteiger partial charge in [-0.3, -0.25) is 9.69 Å². The summed E-state index contributed by atoms with van der Waals surface area (Å²) in [6, 6.07) is 12.8. The summed E-state index contributed by atoms with van der Waals surface area (Å²) in [6.45, 7) is 7.75. The number of benzene rings is 2. The van der Waals surface area contributed by atoms with E-state index in [2.05, 4.69) is 24.1 Å². The summed E-state index contributed by atoms with van der Waals surface area (Å²) < 4.78 is 27.2. The van der Waals surface area contributed by atoms with Gasteiger partial charge >= 0.3 is 0 Å². The van der Waals surface area contributed by atoms with Gasteiger partial charge in [-0.2, -0.15) is 0 Å². The van der Waals surface area contributed by atoms with Gasteiger partial charge in [0.25, 0.3) is 0 Å². The minimum atomic E-state index is -3.58. The largest absolute Gasteiger partial charge is 0.326 e. The number of carbonyl (C=O) groups is 1. The van der Waals surface area contributed by atoms with Gasteiger partial charge in [-0.1, -0.05) is 55.2 Å². The molecule has 0 bridgehead atoms. The lowest BCUT2D eigenvalue weighted by molar-refractivity contribution is -0.120. The predicted molar refractivity (Wildman–Crippen MR) is 135 cm³/mol. The van der Waals surface area contributed by atoms with Crippen LogP contribution in [0, 0.1) is 5.92 Å². The van der Waals surface area contributed by atoms with Crippen LogP contribution in [-0.2, 0) is 27.1 Å². The highest BCUT2D eigenvalue weighted by Gasteiger charge is 2.32. The Labute approximate surface area is 206 Å². The van der Waals surface area contributed by atoms with Crippen molar-refractivity contribution in [2.75, 3.05) is 31.5 Å². The fourth-order valence-corrected chi connectivity index (χ4v) is 6.30. The molecule has 0 spiro atoms. The van der Waals surface area contributed by atoms with Crippen molar-refractivity contribution in [3.05, 3.63) is 63.6 Å². The third kappa shape index (κ3) is 6.93. The smallest absolute Gasteiger partial charge is 0.227 e. The highest BCUT2D eigenvalue weighted by atomic mass is 35.5. The van der Waals surface area contributed by atoms with E-state index in [1.807, 2.05) is 24.3 Å². The Morgan fingerprint density at radius 1 is 1.03 bits per heavy atom. The number of rotatable bonds is 9. The van der Waals surface area contributed by atoms with Crippen molar-refractivity contribution in [2.45, 2.75) is 39.0 Å². The summed E-state index contributed by atoms with van der Waals surface area (Å²) in [5.74, 6) is -0.546. The van der Waals surface area contributed by atoms with Gasteiger partial charge in [0, 0.05) is 46.8 Å². The van der Waals surface area contributed by atoms with Gasteiger partial charge < -0.3 is 5.32 Å². The zero-order valence-electron chi connectivity index (χ0n) is 19.1. The van der Waals surface area contributed by atoms with Crippen LogP contribution < -0.4 is 5.32 Å². The molecule has 0 aromatic heterocycles. The van der Waals surface area contributed by atoms with Gasteiger partial charge in [0.1, 0.15) is 0 Å². The van der Waals surface area contributed by atoms with Crippen LogP contribution in [0.15, 0.2) is 42.5 Å². The number of hydrogen-bond acceptors (Lipinski definition) is 4. The van der Waals surface area contributed by atoms with Gasteiger partial charge in [-0.05, 0) is 55.8 Å². The van der Waals surface area contributed by atoms with Crippen LogP contribution in [0.1, 0.15) is 37.8 Å². The van der Waals surface area contributed by atoms with E-state index in [1.165, 1.54) is 9.87 Å². The molecule has 180 valence electrons. The van der Waals surface area contributed by atoms with Crippen molar-refractivity contribution in [3.63, 3.8) is 0 Å². The number of piperidine rings is 1. The molecular weight excluding hydrogens is 481 g/mol. The Hall–Kier alpha value is -1.64. The van der Waals surface area contributed by atoms with Crippen LogP contribution in [0.25, 0.3) is 0 Å². The standard InChI is InChI=1S/C24H31Cl2N3O3S/c1-3-28(4-2)16-18-8-10-20(11-9-18)27-24(30)19-12-14-29(15-13-19)33(31,32)17-21-22(25)6-5-7-23(21)26/h5-11,19H,3-4,12-17H2,1-2H3,(H,27,30). The number of nitrogens with one attached hydrogen (secondary N) is 1. The first-order valence-electron chi connectivity index (χ1n) is 11.3. The summed E-state index contributed by atoms with van der Waals surface area (Å²) in [6.07, 6.45) is 0.947. The van der Waals surface area contributed by atoms with Crippen LogP contribution in [0.4, 0.5) is 5.69 Å². The average molecular weight is 513 g/mol. The van der Waals surface area contributed by atoms with E-state index in [-0.39, 0.29) is 17.6 Å². The lowest BCUT2D eigenvalue weighted by atomic mass is 9.97.